The maximum atomic E-state index is 13.0. The summed E-state index contributed by atoms with van der Waals surface area (Å²) in [5, 5.41) is 11.8. The van der Waals surface area contributed by atoms with Gasteiger partial charge in [-0.1, -0.05) is 17.7 Å². The quantitative estimate of drug-likeness (QED) is 0.648. The highest BCUT2D eigenvalue weighted by Gasteiger charge is 2.27. The zero-order valence-electron chi connectivity index (χ0n) is 18.8. The fourth-order valence-electron chi connectivity index (χ4n) is 4.41. The lowest BCUT2D eigenvalue weighted by atomic mass is 10.1. The largest absolute Gasteiger partial charge is 0.484 e. The zero-order valence-corrected chi connectivity index (χ0v) is 19.6. The van der Waals surface area contributed by atoms with E-state index in [0.29, 0.717) is 19.6 Å². The van der Waals surface area contributed by atoms with Crippen molar-refractivity contribution in [3.63, 3.8) is 0 Å². The Labute approximate surface area is 187 Å². The fraction of sp³-hybridized carbons (Fsp3) is 0.417. The Morgan fingerprint density at radius 1 is 1.32 bits per heavy atom. The van der Waals surface area contributed by atoms with Crippen LogP contribution in [0.25, 0.3) is 0 Å². The molecule has 0 unspecified atom stereocenters. The summed E-state index contributed by atoms with van der Waals surface area (Å²) in [5.74, 6) is 0.912. The van der Waals surface area contributed by atoms with Crippen LogP contribution in [-0.4, -0.2) is 33.7 Å². The van der Waals surface area contributed by atoms with Gasteiger partial charge in [-0.3, -0.25) is 14.4 Å². The van der Waals surface area contributed by atoms with E-state index in [9.17, 15) is 4.79 Å². The fourth-order valence-corrected chi connectivity index (χ4v) is 5.11. The van der Waals surface area contributed by atoms with Gasteiger partial charge >= 0.3 is 0 Å². The van der Waals surface area contributed by atoms with Gasteiger partial charge < -0.3 is 10.1 Å². The monoisotopic (exact) mass is 438 g/mol. The highest BCUT2D eigenvalue weighted by Crippen LogP contribution is 2.32. The number of fused-ring (bicyclic) bond motifs is 1. The van der Waals surface area contributed by atoms with Crippen molar-refractivity contribution in [2.75, 3.05) is 13.1 Å². The number of ether oxygens (including phenoxy) is 1. The van der Waals surface area contributed by atoms with Crippen molar-refractivity contribution in [3.8, 4) is 5.75 Å². The maximum absolute atomic E-state index is 13.0. The molecule has 31 heavy (non-hydrogen) atoms. The number of hydrogen-bond donors (Lipinski definition) is 1. The van der Waals surface area contributed by atoms with Crippen molar-refractivity contribution in [3.05, 3.63) is 68.7 Å². The van der Waals surface area contributed by atoms with E-state index < -0.39 is 0 Å². The molecule has 164 valence electrons. The van der Waals surface area contributed by atoms with Crippen molar-refractivity contribution in [1.29, 1.82) is 0 Å². The minimum absolute atomic E-state index is 0.00956. The summed E-state index contributed by atoms with van der Waals surface area (Å²) in [5.41, 5.74) is 6.59. The summed E-state index contributed by atoms with van der Waals surface area (Å²) in [7, 11) is 1.93. The second-order valence-corrected chi connectivity index (χ2v) is 9.22. The number of carbonyl (C=O) groups is 1. The number of carbonyl (C=O) groups excluding carboxylic acids is 1. The van der Waals surface area contributed by atoms with E-state index in [4.69, 9.17) is 4.74 Å². The van der Waals surface area contributed by atoms with Gasteiger partial charge in [-0.05, 0) is 50.6 Å². The molecule has 1 aromatic carbocycles. The van der Waals surface area contributed by atoms with Crippen molar-refractivity contribution < 1.29 is 9.53 Å². The number of aromatic nitrogens is 2. The lowest BCUT2D eigenvalue weighted by molar-refractivity contribution is -0.123. The lowest BCUT2D eigenvalue weighted by Crippen LogP contribution is -2.39. The van der Waals surface area contributed by atoms with Crippen molar-refractivity contribution in [2.24, 2.45) is 7.05 Å². The molecule has 0 bridgehead atoms. The van der Waals surface area contributed by atoms with Crippen LogP contribution < -0.4 is 10.1 Å². The van der Waals surface area contributed by atoms with Crippen LogP contribution in [0.1, 0.15) is 52.7 Å². The van der Waals surface area contributed by atoms with Gasteiger partial charge in [0.2, 0.25) is 5.91 Å². The maximum Gasteiger partial charge on any atom is 0.234 e. The predicted molar refractivity (Wildman–Crippen MR) is 123 cm³/mol. The normalized spacial score (nSPS) is 17.5. The second-order valence-electron chi connectivity index (χ2n) is 8.44. The molecule has 4 rings (SSSR count). The van der Waals surface area contributed by atoms with Crippen molar-refractivity contribution >= 4 is 17.2 Å². The average molecular weight is 439 g/mol. The molecule has 1 aliphatic heterocycles. The molecular weight excluding hydrogens is 408 g/mol. The first-order valence-electron chi connectivity index (χ1n) is 10.6. The average Bonchev–Trinajstić information content (AvgIpc) is 3.27. The van der Waals surface area contributed by atoms with Crippen LogP contribution in [0.3, 0.4) is 0 Å². The number of thiophene rings is 1. The third-order valence-electron chi connectivity index (χ3n) is 5.96. The van der Waals surface area contributed by atoms with Gasteiger partial charge in [-0.15, -0.1) is 0 Å². The van der Waals surface area contributed by atoms with E-state index in [2.05, 4.69) is 51.2 Å². The van der Waals surface area contributed by atoms with Gasteiger partial charge in [0, 0.05) is 42.5 Å². The van der Waals surface area contributed by atoms with Crippen LogP contribution in [-0.2, 0) is 18.4 Å². The molecule has 6 nitrogen and oxygen atoms in total. The number of aryl methyl sites for hydroxylation is 3. The number of amides is 1. The Morgan fingerprint density at radius 2 is 2.13 bits per heavy atom. The molecule has 1 amide bonds. The van der Waals surface area contributed by atoms with Gasteiger partial charge in [0.25, 0.3) is 0 Å². The summed E-state index contributed by atoms with van der Waals surface area (Å²) < 4.78 is 8.24. The number of rotatable bonds is 5. The molecule has 7 heteroatoms. The minimum Gasteiger partial charge on any atom is -0.484 e. The molecule has 3 heterocycles. The Balaban J connectivity index is 1.51. The SMILES string of the molecule is Cc1ccc2c(c1)CN(CC(=O)N[C@@H](C)c1c(C)nn(C)c1C)C[C@H](c1ccsc1)O2. The van der Waals surface area contributed by atoms with Crippen LogP contribution >= 0.6 is 11.3 Å². The molecule has 0 saturated carbocycles. The summed E-state index contributed by atoms with van der Waals surface area (Å²) in [6, 6.07) is 8.28. The first-order chi connectivity index (χ1) is 14.8. The van der Waals surface area contributed by atoms with Crippen LogP contribution in [0.4, 0.5) is 0 Å². The van der Waals surface area contributed by atoms with Crippen LogP contribution in [0, 0.1) is 20.8 Å². The molecule has 0 spiro atoms. The second kappa shape index (κ2) is 8.85. The molecule has 1 aliphatic rings. The van der Waals surface area contributed by atoms with Gasteiger partial charge in [0.1, 0.15) is 11.9 Å². The number of nitrogens with zero attached hydrogens (tertiary/aromatic N) is 3. The van der Waals surface area contributed by atoms with E-state index in [0.717, 1.165) is 33.8 Å². The summed E-state index contributed by atoms with van der Waals surface area (Å²) >= 11 is 1.66. The topological polar surface area (TPSA) is 59.4 Å². The first kappa shape index (κ1) is 21.6. The Bertz CT molecular complexity index is 1070. The van der Waals surface area contributed by atoms with Crippen LogP contribution in [0.5, 0.6) is 5.75 Å². The molecule has 2 atom stereocenters. The Morgan fingerprint density at radius 3 is 2.81 bits per heavy atom. The highest BCUT2D eigenvalue weighted by atomic mass is 32.1. The van der Waals surface area contributed by atoms with Gasteiger partial charge in [0.15, 0.2) is 0 Å². The van der Waals surface area contributed by atoms with E-state index in [1.807, 2.05) is 38.6 Å². The number of nitrogens with one attached hydrogen (secondary N) is 1. The first-order valence-corrected chi connectivity index (χ1v) is 11.6. The molecule has 1 N–H and O–H groups in total. The van der Waals surface area contributed by atoms with Crippen molar-refractivity contribution in [1.82, 2.24) is 20.0 Å². The summed E-state index contributed by atoms with van der Waals surface area (Å²) in [6.07, 6.45) is -0.0942. The zero-order chi connectivity index (χ0) is 22.1. The lowest BCUT2D eigenvalue weighted by Gasteiger charge is -2.24. The number of benzene rings is 1. The molecule has 0 fully saturated rings. The predicted octanol–water partition coefficient (Wildman–Crippen LogP) is 4.22. The molecular formula is C24H30N4O2S. The van der Waals surface area contributed by atoms with Crippen molar-refractivity contribution in [2.45, 2.75) is 46.4 Å². The molecule has 0 saturated heterocycles. The Hall–Kier alpha value is -2.64. The van der Waals surface area contributed by atoms with E-state index in [-0.39, 0.29) is 18.1 Å². The van der Waals surface area contributed by atoms with Crippen LogP contribution in [0.15, 0.2) is 35.0 Å². The molecule has 0 radical (unpaired) electrons. The van der Waals surface area contributed by atoms with Gasteiger partial charge in [-0.2, -0.15) is 16.4 Å². The van der Waals surface area contributed by atoms with Gasteiger partial charge in [-0.25, -0.2) is 0 Å². The third-order valence-corrected chi connectivity index (χ3v) is 6.66. The molecule has 3 aromatic rings. The Kier molecular flexibility index (Phi) is 6.16. The van der Waals surface area contributed by atoms with E-state index in [1.165, 1.54) is 5.56 Å². The minimum atomic E-state index is -0.0942. The van der Waals surface area contributed by atoms with Crippen LogP contribution in [0.2, 0.25) is 0 Å². The van der Waals surface area contributed by atoms with E-state index in [1.54, 1.807) is 11.3 Å². The van der Waals surface area contributed by atoms with E-state index >= 15 is 0 Å². The summed E-state index contributed by atoms with van der Waals surface area (Å²) in [6.45, 7) is 9.80. The summed E-state index contributed by atoms with van der Waals surface area (Å²) in [4.78, 5) is 15.2. The standard InChI is InChI=1S/C24H30N4O2S/c1-15-6-7-21-20(10-15)11-28(12-22(30-21)19-8-9-31-14-19)13-23(29)25-16(2)24-17(3)26-27(5)18(24)4/h6-10,14,16,22H,11-13H2,1-5H3,(H,25,29)/t16-,22+/m0/s1. The highest BCUT2D eigenvalue weighted by molar-refractivity contribution is 7.07. The third kappa shape index (κ3) is 4.67. The van der Waals surface area contributed by atoms with Gasteiger partial charge in [0.05, 0.1) is 18.3 Å². The smallest absolute Gasteiger partial charge is 0.234 e. The molecule has 2 aromatic heterocycles. The number of hydrogen-bond acceptors (Lipinski definition) is 5. The molecule has 0 aliphatic carbocycles.